The SMILES string of the molecule is Cc1cc(C(=O)N2CCN(CCNC(=O)c3nc4ccccc4s3)CC2)no1. The molecule has 1 saturated heterocycles. The van der Waals surface area contributed by atoms with Gasteiger partial charge in [-0.15, -0.1) is 11.3 Å². The highest BCUT2D eigenvalue weighted by molar-refractivity contribution is 7.20. The molecule has 0 aliphatic carbocycles. The van der Waals surface area contributed by atoms with Crippen molar-refractivity contribution in [1.29, 1.82) is 0 Å². The first-order valence-corrected chi connectivity index (χ1v) is 10.0. The van der Waals surface area contributed by atoms with Gasteiger partial charge in [-0.05, 0) is 19.1 Å². The molecule has 8 nitrogen and oxygen atoms in total. The van der Waals surface area contributed by atoms with E-state index >= 15 is 0 Å². The third kappa shape index (κ3) is 4.05. The monoisotopic (exact) mass is 399 g/mol. The van der Waals surface area contributed by atoms with Crippen LogP contribution in [0.3, 0.4) is 0 Å². The quantitative estimate of drug-likeness (QED) is 0.703. The number of hydrogen-bond acceptors (Lipinski definition) is 7. The largest absolute Gasteiger partial charge is 0.361 e. The molecular formula is C19H21N5O3S. The van der Waals surface area contributed by atoms with Gasteiger partial charge >= 0.3 is 0 Å². The normalized spacial score (nSPS) is 15.1. The van der Waals surface area contributed by atoms with Crippen LogP contribution in [0.1, 0.15) is 26.1 Å². The summed E-state index contributed by atoms with van der Waals surface area (Å²) in [5.41, 5.74) is 1.20. The van der Waals surface area contributed by atoms with Crippen LogP contribution in [0.4, 0.5) is 0 Å². The average Bonchev–Trinajstić information content (AvgIpc) is 3.34. The first-order valence-electron chi connectivity index (χ1n) is 9.19. The van der Waals surface area contributed by atoms with Gasteiger partial charge in [0.2, 0.25) is 0 Å². The minimum atomic E-state index is -0.142. The number of hydrogen-bond donors (Lipinski definition) is 1. The number of benzene rings is 1. The Balaban J connectivity index is 1.22. The van der Waals surface area contributed by atoms with E-state index in [1.54, 1.807) is 17.9 Å². The van der Waals surface area contributed by atoms with Crippen molar-refractivity contribution in [2.75, 3.05) is 39.3 Å². The van der Waals surface area contributed by atoms with E-state index < -0.39 is 0 Å². The number of nitrogens with zero attached hydrogens (tertiary/aromatic N) is 4. The number of para-hydroxylation sites is 1. The average molecular weight is 399 g/mol. The number of amides is 2. The molecule has 146 valence electrons. The maximum atomic E-state index is 12.4. The number of carbonyl (C=O) groups is 2. The fourth-order valence-corrected chi connectivity index (χ4v) is 4.06. The Morgan fingerprint density at radius 1 is 1.21 bits per heavy atom. The van der Waals surface area contributed by atoms with E-state index in [2.05, 4.69) is 20.4 Å². The van der Waals surface area contributed by atoms with Gasteiger partial charge in [-0.3, -0.25) is 14.5 Å². The molecule has 1 aromatic carbocycles. The lowest BCUT2D eigenvalue weighted by molar-refractivity contribution is 0.0628. The zero-order valence-corrected chi connectivity index (χ0v) is 16.4. The highest BCUT2D eigenvalue weighted by Crippen LogP contribution is 2.21. The highest BCUT2D eigenvalue weighted by Gasteiger charge is 2.24. The van der Waals surface area contributed by atoms with Crippen molar-refractivity contribution >= 4 is 33.4 Å². The lowest BCUT2D eigenvalue weighted by Gasteiger charge is -2.34. The molecule has 0 atom stereocenters. The molecule has 1 aliphatic rings. The fraction of sp³-hybridized carbons (Fsp3) is 0.368. The van der Waals surface area contributed by atoms with Crippen LogP contribution >= 0.6 is 11.3 Å². The van der Waals surface area contributed by atoms with E-state index in [0.717, 1.165) is 29.9 Å². The molecule has 0 saturated carbocycles. The standard InChI is InChI=1S/C19H21N5O3S/c1-13-12-15(22-27-13)19(26)24-10-8-23(9-11-24)7-6-20-17(25)18-21-14-4-2-3-5-16(14)28-18/h2-5,12H,6-11H2,1H3,(H,20,25). The summed E-state index contributed by atoms with van der Waals surface area (Å²) in [7, 11) is 0. The molecule has 0 unspecified atom stereocenters. The number of rotatable bonds is 5. The molecule has 1 fully saturated rings. The van der Waals surface area contributed by atoms with Gasteiger partial charge in [0.1, 0.15) is 5.76 Å². The Kier molecular flexibility index (Phi) is 5.36. The molecule has 2 amide bonds. The summed E-state index contributed by atoms with van der Waals surface area (Å²) in [6.45, 7) is 5.85. The van der Waals surface area contributed by atoms with Crippen LogP contribution in [0.25, 0.3) is 10.2 Å². The maximum Gasteiger partial charge on any atom is 0.280 e. The van der Waals surface area contributed by atoms with Crippen molar-refractivity contribution in [3.8, 4) is 0 Å². The van der Waals surface area contributed by atoms with Gasteiger partial charge in [0.15, 0.2) is 10.7 Å². The summed E-state index contributed by atoms with van der Waals surface area (Å²) in [6, 6.07) is 9.38. The first kappa shape index (κ1) is 18.6. The second kappa shape index (κ2) is 8.07. The van der Waals surface area contributed by atoms with Gasteiger partial charge in [-0.25, -0.2) is 4.98 Å². The number of thiazole rings is 1. The molecule has 1 N–H and O–H groups in total. The maximum absolute atomic E-state index is 12.4. The minimum absolute atomic E-state index is 0.0966. The van der Waals surface area contributed by atoms with E-state index in [9.17, 15) is 9.59 Å². The molecule has 1 aliphatic heterocycles. The number of piperazine rings is 1. The Hall–Kier alpha value is -2.78. The van der Waals surface area contributed by atoms with E-state index in [1.807, 2.05) is 24.3 Å². The Morgan fingerprint density at radius 2 is 2.00 bits per heavy atom. The molecule has 3 heterocycles. The molecule has 9 heteroatoms. The molecule has 0 radical (unpaired) electrons. The van der Waals surface area contributed by atoms with E-state index in [1.165, 1.54) is 11.3 Å². The number of aryl methyl sites for hydroxylation is 1. The van der Waals surface area contributed by atoms with Gasteiger partial charge in [0, 0.05) is 45.3 Å². The summed E-state index contributed by atoms with van der Waals surface area (Å²) in [6.07, 6.45) is 0. The Morgan fingerprint density at radius 3 is 2.71 bits per heavy atom. The third-order valence-corrected chi connectivity index (χ3v) is 5.74. The van der Waals surface area contributed by atoms with Crippen molar-refractivity contribution < 1.29 is 14.1 Å². The van der Waals surface area contributed by atoms with Crippen molar-refractivity contribution in [3.63, 3.8) is 0 Å². The number of aromatic nitrogens is 2. The van der Waals surface area contributed by atoms with Crippen molar-refractivity contribution in [2.24, 2.45) is 0 Å². The summed E-state index contributed by atoms with van der Waals surface area (Å²) < 4.78 is 5.99. The zero-order chi connectivity index (χ0) is 19.5. The predicted molar refractivity (Wildman–Crippen MR) is 106 cm³/mol. The highest BCUT2D eigenvalue weighted by atomic mass is 32.1. The number of carbonyl (C=O) groups excluding carboxylic acids is 2. The fourth-order valence-electron chi connectivity index (χ4n) is 3.18. The van der Waals surface area contributed by atoms with Crippen LogP contribution in [0.5, 0.6) is 0 Å². The van der Waals surface area contributed by atoms with Crippen molar-refractivity contribution in [3.05, 3.63) is 46.8 Å². The van der Waals surface area contributed by atoms with Crippen LogP contribution in [0, 0.1) is 6.92 Å². The van der Waals surface area contributed by atoms with Crippen LogP contribution in [-0.2, 0) is 0 Å². The molecule has 3 aromatic rings. The summed E-state index contributed by atoms with van der Waals surface area (Å²) in [5.74, 6) is 0.392. The van der Waals surface area contributed by atoms with Gasteiger partial charge in [0.25, 0.3) is 11.8 Å². The summed E-state index contributed by atoms with van der Waals surface area (Å²) in [5, 5.41) is 7.21. The molecule has 0 bridgehead atoms. The Labute approximate surface area is 166 Å². The van der Waals surface area contributed by atoms with Gasteiger partial charge in [-0.1, -0.05) is 17.3 Å². The van der Waals surface area contributed by atoms with Gasteiger partial charge in [-0.2, -0.15) is 0 Å². The molecular weight excluding hydrogens is 378 g/mol. The zero-order valence-electron chi connectivity index (χ0n) is 15.6. The second-order valence-electron chi connectivity index (χ2n) is 6.70. The molecule has 28 heavy (non-hydrogen) atoms. The van der Waals surface area contributed by atoms with Crippen LogP contribution in [-0.4, -0.2) is 71.0 Å². The third-order valence-electron chi connectivity index (χ3n) is 4.71. The lowest BCUT2D eigenvalue weighted by Crippen LogP contribution is -2.50. The van der Waals surface area contributed by atoms with Crippen LogP contribution in [0.15, 0.2) is 34.9 Å². The summed E-state index contributed by atoms with van der Waals surface area (Å²) >= 11 is 1.40. The van der Waals surface area contributed by atoms with E-state index in [0.29, 0.717) is 36.1 Å². The molecule has 0 spiro atoms. The summed E-state index contributed by atoms with van der Waals surface area (Å²) in [4.78, 5) is 33.1. The topological polar surface area (TPSA) is 91.6 Å². The smallest absolute Gasteiger partial charge is 0.280 e. The van der Waals surface area contributed by atoms with E-state index in [-0.39, 0.29) is 11.8 Å². The van der Waals surface area contributed by atoms with Crippen molar-refractivity contribution in [2.45, 2.75) is 6.92 Å². The predicted octanol–water partition coefficient (Wildman–Crippen LogP) is 1.78. The van der Waals surface area contributed by atoms with Gasteiger partial charge in [0.05, 0.1) is 10.2 Å². The van der Waals surface area contributed by atoms with Crippen molar-refractivity contribution in [1.82, 2.24) is 25.3 Å². The number of nitrogens with one attached hydrogen (secondary N) is 1. The van der Waals surface area contributed by atoms with Crippen LogP contribution in [0.2, 0.25) is 0 Å². The van der Waals surface area contributed by atoms with Gasteiger partial charge < -0.3 is 14.7 Å². The molecule has 2 aromatic heterocycles. The second-order valence-corrected chi connectivity index (χ2v) is 7.73. The van der Waals surface area contributed by atoms with E-state index in [4.69, 9.17) is 4.52 Å². The molecule has 4 rings (SSSR count). The minimum Gasteiger partial charge on any atom is -0.361 e. The Bertz CT molecular complexity index is 957. The number of fused-ring (bicyclic) bond motifs is 1. The lowest BCUT2D eigenvalue weighted by atomic mass is 10.2. The first-order chi connectivity index (χ1) is 13.6. The van der Waals surface area contributed by atoms with Crippen LogP contribution < -0.4 is 5.32 Å².